The molecule has 0 bridgehead atoms. The van der Waals surface area contributed by atoms with Crippen LogP contribution in [0.15, 0.2) is 0 Å². The molecule has 1 N–H and O–H groups in total. The van der Waals surface area contributed by atoms with Gasteiger partial charge in [-0.2, -0.15) is 4.80 Å². The molecule has 2 unspecified atom stereocenters. The third-order valence-corrected chi connectivity index (χ3v) is 3.58. The maximum absolute atomic E-state index is 5.96. The lowest BCUT2D eigenvalue weighted by Crippen LogP contribution is -2.53. The number of hydrogen-bond donors (Lipinski definition) is 1. The van der Waals surface area contributed by atoms with Crippen LogP contribution < -0.4 is 5.32 Å². The highest BCUT2D eigenvalue weighted by molar-refractivity contribution is 4.91. The smallest absolute Gasteiger partial charge is 0.176 e. The Morgan fingerprint density at radius 1 is 1.45 bits per heavy atom. The number of tetrazole rings is 1. The first kappa shape index (κ1) is 15.3. The first-order valence-corrected chi connectivity index (χ1v) is 7.53. The molecular weight excluding hydrogens is 256 g/mol. The highest BCUT2D eigenvalue weighted by atomic mass is 16.5. The Kier molecular flexibility index (Phi) is 5.87. The largest absolute Gasteiger partial charge is 0.374 e. The van der Waals surface area contributed by atoms with Gasteiger partial charge in [-0.25, -0.2) is 0 Å². The number of rotatable bonds is 7. The quantitative estimate of drug-likeness (QED) is 0.749. The van der Waals surface area contributed by atoms with Crippen molar-refractivity contribution in [3.05, 3.63) is 5.82 Å². The van der Waals surface area contributed by atoms with Crippen LogP contribution in [-0.4, -0.2) is 70.0 Å². The van der Waals surface area contributed by atoms with Crippen molar-refractivity contribution >= 4 is 0 Å². The first-order chi connectivity index (χ1) is 9.72. The second-order valence-corrected chi connectivity index (χ2v) is 5.27. The molecule has 1 aromatic heterocycles. The zero-order valence-electron chi connectivity index (χ0n) is 12.7. The summed E-state index contributed by atoms with van der Waals surface area (Å²) in [7, 11) is 1.79. The molecule has 7 heteroatoms. The van der Waals surface area contributed by atoms with Crippen molar-refractivity contribution in [2.75, 3.05) is 32.8 Å². The van der Waals surface area contributed by atoms with Crippen LogP contribution in [0.3, 0.4) is 0 Å². The molecule has 2 atom stereocenters. The Morgan fingerprint density at radius 2 is 2.30 bits per heavy atom. The van der Waals surface area contributed by atoms with Crippen LogP contribution in [0, 0.1) is 0 Å². The van der Waals surface area contributed by atoms with Crippen molar-refractivity contribution < 1.29 is 4.74 Å². The predicted molar refractivity (Wildman–Crippen MR) is 76.4 cm³/mol. The molecule has 2 heterocycles. The fraction of sp³-hybridized carbons (Fsp3) is 0.923. The van der Waals surface area contributed by atoms with Crippen LogP contribution in [0.25, 0.3) is 0 Å². The molecule has 114 valence electrons. The van der Waals surface area contributed by atoms with Gasteiger partial charge in [-0.1, -0.05) is 13.8 Å². The minimum atomic E-state index is 0.194. The fourth-order valence-electron chi connectivity index (χ4n) is 2.69. The molecule has 0 amide bonds. The van der Waals surface area contributed by atoms with Crippen LogP contribution in [-0.2, 0) is 18.2 Å². The predicted octanol–water partition coefficient (Wildman–Crippen LogP) is -0.158. The van der Waals surface area contributed by atoms with Gasteiger partial charge in [0.25, 0.3) is 0 Å². The zero-order chi connectivity index (χ0) is 14.4. The van der Waals surface area contributed by atoms with E-state index < -0.39 is 0 Å². The van der Waals surface area contributed by atoms with Gasteiger partial charge in [-0.15, -0.1) is 10.2 Å². The van der Waals surface area contributed by atoms with Crippen molar-refractivity contribution in [3.8, 4) is 0 Å². The third kappa shape index (κ3) is 4.22. The summed E-state index contributed by atoms with van der Waals surface area (Å²) in [5, 5.41) is 15.7. The molecule has 0 saturated carbocycles. The van der Waals surface area contributed by atoms with Gasteiger partial charge >= 0.3 is 0 Å². The second-order valence-electron chi connectivity index (χ2n) is 5.27. The Morgan fingerprint density at radius 3 is 2.95 bits per heavy atom. The lowest BCUT2D eigenvalue weighted by atomic mass is 10.0. The minimum absolute atomic E-state index is 0.194. The number of aromatic nitrogens is 4. The molecule has 20 heavy (non-hydrogen) atoms. The molecule has 1 aromatic rings. The number of aryl methyl sites for hydroxylation is 1. The summed E-state index contributed by atoms with van der Waals surface area (Å²) in [6.45, 7) is 9.21. The van der Waals surface area contributed by atoms with Crippen LogP contribution in [0.1, 0.15) is 26.1 Å². The zero-order valence-corrected chi connectivity index (χ0v) is 12.7. The summed E-state index contributed by atoms with van der Waals surface area (Å²) in [5.74, 6) is 0.773. The standard InChI is InChI=1S/C13H26N6O/c1-4-6-19-7-8-20-12(10-19)11(14-5-2)9-13-15-17-18(3)16-13/h11-12,14H,4-10H2,1-3H3. The van der Waals surface area contributed by atoms with Crippen molar-refractivity contribution in [2.24, 2.45) is 7.05 Å². The average molecular weight is 282 g/mol. The number of ether oxygens (including phenoxy) is 1. The fourth-order valence-corrected chi connectivity index (χ4v) is 2.69. The second kappa shape index (κ2) is 7.66. The molecule has 2 rings (SSSR count). The van der Waals surface area contributed by atoms with E-state index in [1.807, 2.05) is 0 Å². The lowest BCUT2D eigenvalue weighted by molar-refractivity contribution is -0.0462. The molecule has 0 spiro atoms. The van der Waals surface area contributed by atoms with Gasteiger partial charge in [-0.05, 0) is 24.7 Å². The summed E-state index contributed by atoms with van der Waals surface area (Å²) in [6.07, 6.45) is 2.13. The van der Waals surface area contributed by atoms with E-state index in [2.05, 4.69) is 39.5 Å². The number of likely N-dealkylation sites (N-methyl/N-ethyl adjacent to an activating group) is 1. The van der Waals surface area contributed by atoms with E-state index in [1.165, 1.54) is 11.2 Å². The SMILES string of the molecule is CCCN1CCOC(C(Cc2nnn(C)n2)NCC)C1. The topological polar surface area (TPSA) is 68.1 Å². The molecule has 1 fully saturated rings. The maximum atomic E-state index is 5.96. The molecule has 7 nitrogen and oxygen atoms in total. The van der Waals surface area contributed by atoms with E-state index >= 15 is 0 Å². The van der Waals surface area contributed by atoms with Crippen LogP contribution in [0.4, 0.5) is 0 Å². The molecule has 0 aromatic carbocycles. The van der Waals surface area contributed by atoms with E-state index in [-0.39, 0.29) is 12.1 Å². The third-order valence-electron chi connectivity index (χ3n) is 3.58. The van der Waals surface area contributed by atoms with Gasteiger partial charge < -0.3 is 10.1 Å². The normalized spacial score (nSPS) is 22.1. The summed E-state index contributed by atoms with van der Waals surface area (Å²) in [6, 6.07) is 0.240. The van der Waals surface area contributed by atoms with Gasteiger partial charge in [0.2, 0.25) is 0 Å². The van der Waals surface area contributed by atoms with E-state index in [0.717, 1.165) is 45.0 Å². The molecule has 1 aliphatic heterocycles. The first-order valence-electron chi connectivity index (χ1n) is 7.53. The van der Waals surface area contributed by atoms with Crippen molar-refractivity contribution in [2.45, 2.75) is 38.8 Å². The number of nitrogens with zero attached hydrogens (tertiary/aromatic N) is 5. The summed E-state index contributed by atoms with van der Waals surface area (Å²) in [5.41, 5.74) is 0. The average Bonchev–Trinajstić information content (AvgIpc) is 2.84. The van der Waals surface area contributed by atoms with Crippen LogP contribution in [0.5, 0.6) is 0 Å². The Balaban J connectivity index is 1.96. The molecular formula is C13H26N6O. The van der Waals surface area contributed by atoms with Gasteiger partial charge in [0.15, 0.2) is 5.82 Å². The number of morpholine rings is 1. The Labute approximate surface area is 120 Å². The molecule has 0 aliphatic carbocycles. The van der Waals surface area contributed by atoms with Crippen molar-refractivity contribution in [1.82, 2.24) is 30.4 Å². The van der Waals surface area contributed by atoms with E-state index in [9.17, 15) is 0 Å². The molecule has 1 aliphatic rings. The lowest BCUT2D eigenvalue weighted by Gasteiger charge is -2.37. The van der Waals surface area contributed by atoms with E-state index in [1.54, 1.807) is 7.05 Å². The van der Waals surface area contributed by atoms with Gasteiger partial charge in [-0.3, -0.25) is 4.90 Å². The summed E-state index contributed by atoms with van der Waals surface area (Å²) < 4.78 is 5.96. The van der Waals surface area contributed by atoms with E-state index in [4.69, 9.17) is 4.74 Å². The summed E-state index contributed by atoms with van der Waals surface area (Å²) >= 11 is 0. The maximum Gasteiger partial charge on any atom is 0.176 e. The van der Waals surface area contributed by atoms with Crippen LogP contribution in [0.2, 0.25) is 0 Å². The number of hydrogen-bond acceptors (Lipinski definition) is 6. The van der Waals surface area contributed by atoms with Gasteiger partial charge in [0.05, 0.1) is 19.8 Å². The van der Waals surface area contributed by atoms with E-state index in [0.29, 0.717) is 0 Å². The Hall–Kier alpha value is -1.05. The number of nitrogens with one attached hydrogen (secondary N) is 1. The van der Waals surface area contributed by atoms with Crippen molar-refractivity contribution in [1.29, 1.82) is 0 Å². The highest BCUT2D eigenvalue weighted by Crippen LogP contribution is 2.12. The molecule has 0 radical (unpaired) electrons. The van der Waals surface area contributed by atoms with Gasteiger partial charge in [0, 0.05) is 25.6 Å². The van der Waals surface area contributed by atoms with Crippen molar-refractivity contribution in [3.63, 3.8) is 0 Å². The minimum Gasteiger partial charge on any atom is -0.374 e. The molecule has 1 saturated heterocycles. The van der Waals surface area contributed by atoms with Crippen LogP contribution >= 0.6 is 0 Å². The Bertz CT molecular complexity index is 394. The summed E-state index contributed by atoms with van der Waals surface area (Å²) in [4.78, 5) is 3.98. The van der Waals surface area contributed by atoms with Gasteiger partial charge in [0.1, 0.15) is 0 Å². The highest BCUT2D eigenvalue weighted by Gasteiger charge is 2.28. The monoisotopic (exact) mass is 282 g/mol.